The predicted octanol–water partition coefficient (Wildman–Crippen LogP) is 3.08. The molecule has 0 saturated heterocycles. The number of allylic oxidation sites excluding steroid dienone is 1. The van der Waals surface area contributed by atoms with Crippen LogP contribution in [0, 0.1) is 0 Å². The Labute approximate surface area is 78.4 Å². The summed E-state index contributed by atoms with van der Waals surface area (Å²) in [4.78, 5) is 11.1. The first-order valence-corrected chi connectivity index (χ1v) is 4.13. The number of rotatable bonds is 2. The van der Waals surface area contributed by atoms with Crippen molar-refractivity contribution in [3.63, 3.8) is 0 Å². The van der Waals surface area contributed by atoms with E-state index in [0.717, 1.165) is 16.7 Å². The molecule has 1 nitrogen and oxygen atoms in total. The number of ketones is 1. The molecular formula is C12H12O. The van der Waals surface area contributed by atoms with Gasteiger partial charge in [-0.05, 0) is 31.1 Å². The molecule has 13 heavy (non-hydrogen) atoms. The number of carbonyl (C=O) groups excluding carboxylic acids is 1. The highest BCUT2D eigenvalue weighted by Gasteiger charge is 2.00. The Kier molecular flexibility index (Phi) is 2.84. The van der Waals surface area contributed by atoms with Crippen LogP contribution in [0.3, 0.4) is 0 Å². The van der Waals surface area contributed by atoms with Crippen LogP contribution in [0.25, 0.3) is 5.57 Å². The molecule has 0 aliphatic heterocycles. The summed E-state index contributed by atoms with van der Waals surface area (Å²) in [5, 5.41) is 0. The monoisotopic (exact) mass is 172 g/mol. The van der Waals surface area contributed by atoms with Crippen molar-refractivity contribution in [3.05, 3.63) is 47.7 Å². The summed E-state index contributed by atoms with van der Waals surface area (Å²) in [7, 11) is 0. The Hall–Kier alpha value is -1.59. The third kappa shape index (κ3) is 2.17. The van der Waals surface area contributed by atoms with Gasteiger partial charge in [-0.3, -0.25) is 4.79 Å². The predicted molar refractivity (Wildman–Crippen MR) is 54.7 cm³/mol. The standard InChI is InChI=1S/C12H12O/c1-4-9(2)11-6-5-7-12(8-11)10(3)13/h5-8H,1H2,2-3H3. The average molecular weight is 172 g/mol. The van der Waals surface area contributed by atoms with Gasteiger partial charge in [-0.2, -0.15) is 0 Å². The molecule has 0 fully saturated rings. The molecule has 0 unspecified atom stereocenters. The lowest BCUT2D eigenvalue weighted by molar-refractivity contribution is 0.101. The lowest BCUT2D eigenvalue weighted by Crippen LogP contribution is -1.92. The molecule has 0 aliphatic rings. The second kappa shape index (κ2) is 3.88. The molecule has 0 saturated carbocycles. The molecular weight excluding hydrogens is 160 g/mol. The largest absolute Gasteiger partial charge is 0.295 e. The van der Waals surface area contributed by atoms with Crippen molar-refractivity contribution in [2.24, 2.45) is 0 Å². The Morgan fingerprint density at radius 3 is 2.46 bits per heavy atom. The molecule has 0 bridgehead atoms. The zero-order chi connectivity index (χ0) is 9.84. The van der Waals surface area contributed by atoms with Gasteiger partial charge in [0.15, 0.2) is 5.78 Å². The smallest absolute Gasteiger partial charge is 0.159 e. The van der Waals surface area contributed by atoms with Gasteiger partial charge in [0.1, 0.15) is 0 Å². The highest BCUT2D eigenvalue weighted by Crippen LogP contribution is 2.14. The fraction of sp³-hybridized carbons (Fsp3) is 0.167. The maximum Gasteiger partial charge on any atom is 0.159 e. The number of Topliss-reactive ketones (excluding diaryl/α,β-unsaturated/α-hetero) is 1. The van der Waals surface area contributed by atoms with E-state index in [1.807, 2.05) is 31.2 Å². The molecule has 0 aliphatic carbocycles. The van der Waals surface area contributed by atoms with E-state index in [1.54, 1.807) is 6.92 Å². The minimum absolute atomic E-state index is 0.0821. The molecule has 0 amide bonds. The van der Waals surface area contributed by atoms with Crippen LogP contribution < -0.4 is 0 Å². The van der Waals surface area contributed by atoms with Crippen LogP contribution in [0.1, 0.15) is 29.8 Å². The van der Waals surface area contributed by atoms with Gasteiger partial charge in [-0.1, -0.05) is 24.8 Å². The second-order valence-corrected chi connectivity index (χ2v) is 2.94. The Bertz CT molecular complexity index is 382. The Morgan fingerprint density at radius 1 is 1.31 bits per heavy atom. The number of hydrogen-bond acceptors (Lipinski definition) is 1. The van der Waals surface area contributed by atoms with Gasteiger partial charge < -0.3 is 0 Å². The highest BCUT2D eigenvalue weighted by molar-refractivity contribution is 5.94. The number of hydrogen-bond donors (Lipinski definition) is 0. The number of benzene rings is 1. The molecule has 1 rings (SSSR count). The lowest BCUT2D eigenvalue weighted by atomic mass is 10.0. The SMILES string of the molecule is C=C=C(C)c1cccc(C(C)=O)c1. The van der Waals surface area contributed by atoms with Crippen LogP contribution in [-0.4, -0.2) is 5.78 Å². The van der Waals surface area contributed by atoms with Crippen LogP contribution in [0.15, 0.2) is 36.6 Å². The quantitative estimate of drug-likeness (QED) is 0.495. The fourth-order valence-electron chi connectivity index (χ4n) is 1.07. The summed E-state index contributed by atoms with van der Waals surface area (Å²) in [6, 6.07) is 7.48. The summed E-state index contributed by atoms with van der Waals surface area (Å²) >= 11 is 0. The Morgan fingerprint density at radius 2 is 1.92 bits per heavy atom. The van der Waals surface area contributed by atoms with E-state index in [0.29, 0.717) is 0 Å². The third-order valence-electron chi connectivity index (χ3n) is 1.97. The van der Waals surface area contributed by atoms with E-state index in [9.17, 15) is 4.79 Å². The van der Waals surface area contributed by atoms with Crippen molar-refractivity contribution in [1.29, 1.82) is 0 Å². The van der Waals surface area contributed by atoms with Crippen LogP contribution in [0.2, 0.25) is 0 Å². The van der Waals surface area contributed by atoms with E-state index < -0.39 is 0 Å². The molecule has 0 heterocycles. The van der Waals surface area contributed by atoms with Crippen molar-refractivity contribution in [2.45, 2.75) is 13.8 Å². The van der Waals surface area contributed by atoms with Gasteiger partial charge >= 0.3 is 0 Å². The van der Waals surface area contributed by atoms with E-state index in [-0.39, 0.29) is 5.78 Å². The molecule has 0 spiro atoms. The summed E-state index contributed by atoms with van der Waals surface area (Å²) in [6.07, 6.45) is 0. The molecule has 1 heteroatoms. The van der Waals surface area contributed by atoms with E-state index >= 15 is 0 Å². The minimum atomic E-state index is 0.0821. The molecule has 0 N–H and O–H groups in total. The summed E-state index contributed by atoms with van der Waals surface area (Å²) in [5.74, 6) is 0.0821. The number of carbonyl (C=O) groups is 1. The fourth-order valence-corrected chi connectivity index (χ4v) is 1.07. The maximum atomic E-state index is 11.1. The highest BCUT2D eigenvalue weighted by atomic mass is 16.1. The van der Waals surface area contributed by atoms with Gasteiger partial charge in [-0.25, -0.2) is 0 Å². The molecule has 1 aromatic carbocycles. The van der Waals surface area contributed by atoms with Gasteiger partial charge in [0.25, 0.3) is 0 Å². The van der Waals surface area contributed by atoms with Crippen LogP contribution in [-0.2, 0) is 0 Å². The molecule has 66 valence electrons. The first-order chi connectivity index (χ1) is 6.15. The first-order valence-electron chi connectivity index (χ1n) is 4.13. The minimum Gasteiger partial charge on any atom is -0.295 e. The molecule has 0 radical (unpaired) electrons. The van der Waals surface area contributed by atoms with E-state index in [4.69, 9.17) is 0 Å². The van der Waals surface area contributed by atoms with Gasteiger partial charge in [0, 0.05) is 5.56 Å². The summed E-state index contributed by atoms with van der Waals surface area (Å²) in [5.41, 5.74) is 5.50. The van der Waals surface area contributed by atoms with Crippen LogP contribution in [0.5, 0.6) is 0 Å². The average Bonchev–Trinajstić information content (AvgIpc) is 2.17. The van der Waals surface area contributed by atoms with Gasteiger partial charge in [0.2, 0.25) is 0 Å². The zero-order valence-corrected chi connectivity index (χ0v) is 7.92. The maximum absolute atomic E-state index is 11.1. The lowest BCUT2D eigenvalue weighted by Gasteiger charge is -2.00. The topological polar surface area (TPSA) is 17.1 Å². The van der Waals surface area contributed by atoms with Crippen molar-refractivity contribution < 1.29 is 4.79 Å². The van der Waals surface area contributed by atoms with Crippen molar-refractivity contribution >= 4 is 11.4 Å². The normalized spacial score (nSPS) is 9.08. The van der Waals surface area contributed by atoms with Crippen molar-refractivity contribution in [1.82, 2.24) is 0 Å². The third-order valence-corrected chi connectivity index (χ3v) is 1.97. The van der Waals surface area contributed by atoms with Crippen LogP contribution in [0.4, 0.5) is 0 Å². The van der Waals surface area contributed by atoms with Crippen molar-refractivity contribution in [3.8, 4) is 0 Å². The van der Waals surface area contributed by atoms with Gasteiger partial charge in [-0.15, -0.1) is 5.73 Å². The van der Waals surface area contributed by atoms with Crippen LogP contribution >= 0.6 is 0 Å². The second-order valence-electron chi connectivity index (χ2n) is 2.94. The first kappa shape index (κ1) is 9.50. The zero-order valence-electron chi connectivity index (χ0n) is 7.92. The molecule has 1 aromatic rings. The van der Waals surface area contributed by atoms with E-state index in [2.05, 4.69) is 12.3 Å². The summed E-state index contributed by atoms with van der Waals surface area (Å²) < 4.78 is 0. The van der Waals surface area contributed by atoms with Crippen molar-refractivity contribution in [2.75, 3.05) is 0 Å². The molecule has 0 aromatic heterocycles. The van der Waals surface area contributed by atoms with Gasteiger partial charge in [0.05, 0.1) is 0 Å². The van der Waals surface area contributed by atoms with E-state index in [1.165, 1.54) is 0 Å². The Balaban J connectivity index is 3.20. The summed E-state index contributed by atoms with van der Waals surface area (Å²) in [6.45, 7) is 7.05. The molecule has 0 atom stereocenters.